The van der Waals surface area contributed by atoms with Crippen LogP contribution in [0.4, 0.5) is 0 Å². The maximum Gasteiger partial charge on any atom is 0.271 e. The van der Waals surface area contributed by atoms with E-state index >= 15 is 0 Å². The Morgan fingerprint density at radius 3 is 2.70 bits per heavy atom. The fourth-order valence-electron chi connectivity index (χ4n) is 3.57. The van der Waals surface area contributed by atoms with E-state index in [1.165, 1.54) is 25.7 Å². The predicted octanol–water partition coefficient (Wildman–Crippen LogP) is 2.56. The van der Waals surface area contributed by atoms with Crippen molar-refractivity contribution >= 4 is 5.91 Å². The third-order valence-corrected chi connectivity index (χ3v) is 5.00. The molecule has 2 heterocycles. The molecule has 2 N–H and O–H groups in total. The van der Waals surface area contributed by atoms with Crippen LogP contribution in [0.1, 0.15) is 62.0 Å². The van der Waals surface area contributed by atoms with Crippen molar-refractivity contribution in [3.8, 4) is 0 Å². The summed E-state index contributed by atoms with van der Waals surface area (Å²) in [6, 6.07) is 5.00. The molecular weight excluding hydrogens is 250 g/mol. The number of piperidine rings is 1. The molecule has 1 aromatic heterocycles. The fourth-order valence-corrected chi connectivity index (χ4v) is 3.57. The second-order valence-corrected chi connectivity index (χ2v) is 6.27. The highest BCUT2D eigenvalue weighted by molar-refractivity contribution is 5.93. The Morgan fingerprint density at radius 2 is 2.05 bits per heavy atom. The Hall–Kier alpha value is -1.29. The molecule has 1 aliphatic heterocycles. The Balaban J connectivity index is 1.85. The van der Waals surface area contributed by atoms with Crippen molar-refractivity contribution in [3.63, 3.8) is 0 Å². The molecule has 1 saturated heterocycles. The van der Waals surface area contributed by atoms with Gasteiger partial charge >= 0.3 is 0 Å². The van der Waals surface area contributed by atoms with Gasteiger partial charge in [0.1, 0.15) is 5.69 Å². The van der Waals surface area contributed by atoms with Crippen molar-refractivity contribution in [2.75, 3.05) is 6.54 Å². The summed E-state index contributed by atoms with van der Waals surface area (Å²) in [5, 5.41) is 0. The zero-order chi connectivity index (χ0) is 14.1. The number of amides is 1. The van der Waals surface area contributed by atoms with E-state index in [0.717, 1.165) is 18.5 Å². The van der Waals surface area contributed by atoms with Crippen molar-refractivity contribution in [1.82, 2.24) is 9.47 Å². The first-order valence-electron chi connectivity index (χ1n) is 7.92. The smallest absolute Gasteiger partial charge is 0.271 e. The Labute approximate surface area is 120 Å². The number of hydrogen-bond donors (Lipinski definition) is 1. The van der Waals surface area contributed by atoms with Crippen molar-refractivity contribution in [1.29, 1.82) is 0 Å². The average Bonchev–Trinajstić information content (AvgIpc) is 2.84. The molecule has 2 aliphatic rings. The second kappa shape index (κ2) is 5.60. The standard InChI is InChI=1S/C16H25N3O/c1-12-5-2-8-14(11-17)19(12)16(20)15-9-4-10-18(15)13-6-3-7-13/h4,9-10,12-14H,2-3,5-8,11,17H2,1H3. The normalized spacial score (nSPS) is 27.4. The summed E-state index contributed by atoms with van der Waals surface area (Å²) in [7, 11) is 0. The molecule has 1 saturated carbocycles. The van der Waals surface area contributed by atoms with Crippen LogP contribution in [0.2, 0.25) is 0 Å². The fraction of sp³-hybridized carbons (Fsp3) is 0.688. The maximum atomic E-state index is 13.0. The van der Waals surface area contributed by atoms with Crippen LogP contribution in [0.15, 0.2) is 18.3 Å². The Kier molecular flexibility index (Phi) is 3.83. The lowest BCUT2D eigenvalue weighted by atomic mass is 9.92. The van der Waals surface area contributed by atoms with E-state index in [2.05, 4.69) is 17.7 Å². The summed E-state index contributed by atoms with van der Waals surface area (Å²) in [5.74, 6) is 0.171. The number of carbonyl (C=O) groups excluding carboxylic acids is 1. The van der Waals surface area contributed by atoms with E-state index in [1.807, 2.05) is 17.0 Å². The molecule has 2 atom stereocenters. The van der Waals surface area contributed by atoms with Gasteiger partial charge in [0.25, 0.3) is 5.91 Å². The second-order valence-electron chi connectivity index (χ2n) is 6.27. The molecule has 1 amide bonds. The van der Waals surface area contributed by atoms with E-state index in [0.29, 0.717) is 18.6 Å². The highest BCUT2D eigenvalue weighted by Crippen LogP contribution is 2.34. The molecule has 0 spiro atoms. The first kappa shape index (κ1) is 13.7. The highest BCUT2D eigenvalue weighted by Gasteiger charge is 2.33. The van der Waals surface area contributed by atoms with Gasteiger partial charge in [0.2, 0.25) is 0 Å². The first-order chi connectivity index (χ1) is 9.72. The summed E-state index contributed by atoms with van der Waals surface area (Å²) >= 11 is 0. The molecule has 1 aromatic rings. The molecule has 0 radical (unpaired) electrons. The summed E-state index contributed by atoms with van der Waals surface area (Å²) in [6.07, 6.45) is 9.04. The predicted molar refractivity (Wildman–Crippen MR) is 79.6 cm³/mol. The summed E-state index contributed by atoms with van der Waals surface area (Å²) in [5.41, 5.74) is 6.73. The topological polar surface area (TPSA) is 51.3 Å². The van der Waals surface area contributed by atoms with Gasteiger partial charge in [-0.1, -0.05) is 0 Å². The molecule has 4 nitrogen and oxygen atoms in total. The van der Waals surface area contributed by atoms with E-state index in [-0.39, 0.29) is 11.9 Å². The van der Waals surface area contributed by atoms with Crippen LogP contribution >= 0.6 is 0 Å². The van der Waals surface area contributed by atoms with E-state index < -0.39 is 0 Å². The Morgan fingerprint density at radius 1 is 1.30 bits per heavy atom. The molecule has 0 aromatic carbocycles. The first-order valence-corrected chi connectivity index (χ1v) is 7.92. The largest absolute Gasteiger partial charge is 0.340 e. The minimum Gasteiger partial charge on any atom is -0.340 e. The number of aromatic nitrogens is 1. The van der Waals surface area contributed by atoms with Crippen LogP contribution in [0.5, 0.6) is 0 Å². The average molecular weight is 275 g/mol. The quantitative estimate of drug-likeness (QED) is 0.921. The molecule has 2 fully saturated rings. The monoisotopic (exact) mass is 275 g/mol. The number of rotatable bonds is 3. The third-order valence-electron chi connectivity index (χ3n) is 5.00. The summed E-state index contributed by atoms with van der Waals surface area (Å²) in [6.45, 7) is 2.72. The van der Waals surface area contributed by atoms with Crippen LogP contribution in [0.25, 0.3) is 0 Å². The molecule has 1 aliphatic carbocycles. The van der Waals surface area contributed by atoms with E-state index in [1.54, 1.807) is 0 Å². The number of hydrogen-bond acceptors (Lipinski definition) is 2. The molecule has 2 unspecified atom stereocenters. The van der Waals surface area contributed by atoms with Crippen LogP contribution < -0.4 is 5.73 Å². The zero-order valence-corrected chi connectivity index (χ0v) is 12.3. The highest BCUT2D eigenvalue weighted by atomic mass is 16.2. The van der Waals surface area contributed by atoms with Crippen molar-refractivity contribution in [2.45, 2.75) is 63.6 Å². The van der Waals surface area contributed by atoms with Gasteiger partial charge in [0.05, 0.1) is 0 Å². The molecular formula is C16H25N3O. The molecule has 20 heavy (non-hydrogen) atoms. The van der Waals surface area contributed by atoms with E-state index in [9.17, 15) is 4.79 Å². The van der Waals surface area contributed by atoms with Crippen LogP contribution in [0.3, 0.4) is 0 Å². The lowest BCUT2D eigenvalue weighted by Gasteiger charge is -2.41. The van der Waals surface area contributed by atoms with Gasteiger partial charge in [0.15, 0.2) is 0 Å². The van der Waals surface area contributed by atoms with Crippen molar-refractivity contribution in [3.05, 3.63) is 24.0 Å². The summed E-state index contributed by atoms with van der Waals surface area (Å²) < 4.78 is 2.18. The number of carbonyl (C=O) groups is 1. The van der Waals surface area contributed by atoms with Crippen LogP contribution in [-0.2, 0) is 0 Å². The zero-order valence-electron chi connectivity index (χ0n) is 12.3. The molecule has 110 valence electrons. The van der Waals surface area contributed by atoms with Crippen LogP contribution in [0, 0.1) is 0 Å². The number of nitrogens with two attached hydrogens (primary N) is 1. The molecule has 0 bridgehead atoms. The summed E-state index contributed by atoms with van der Waals surface area (Å²) in [4.78, 5) is 15.0. The van der Waals surface area contributed by atoms with Gasteiger partial charge in [-0.15, -0.1) is 0 Å². The lowest BCUT2D eigenvalue weighted by molar-refractivity contribution is 0.0477. The van der Waals surface area contributed by atoms with Gasteiger partial charge in [0, 0.05) is 30.9 Å². The number of nitrogens with zero attached hydrogens (tertiary/aromatic N) is 2. The van der Waals surface area contributed by atoms with Gasteiger partial charge in [-0.3, -0.25) is 4.79 Å². The van der Waals surface area contributed by atoms with E-state index in [4.69, 9.17) is 5.73 Å². The van der Waals surface area contributed by atoms with Crippen molar-refractivity contribution in [2.24, 2.45) is 5.73 Å². The van der Waals surface area contributed by atoms with Gasteiger partial charge < -0.3 is 15.2 Å². The lowest BCUT2D eigenvalue weighted by Crippen LogP contribution is -2.52. The number of likely N-dealkylation sites (tertiary alicyclic amines) is 1. The maximum absolute atomic E-state index is 13.0. The Bertz CT molecular complexity index is 478. The minimum atomic E-state index is 0.171. The molecule has 4 heteroatoms. The van der Waals surface area contributed by atoms with Crippen molar-refractivity contribution < 1.29 is 4.79 Å². The SMILES string of the molecule is CC1CCCC(CN)N1C(=O)c1cccn1C1CCC1. The van der Waals surface area contributed by atoms with Gasteiger partial charge in [-0.2, -0.15) is 0 Å². The van der Waals surface area contributed by atoms with Gasteiger partial charge in [-0.05, 0) is 57.6 Å². The van der Waals surface area contributed by atoms with Crippen LogP contribution in [-0.4, -0.2) is 34.0 Å². The molecule has 3 rings (SSSR count). The minimum absolute atomic E-state index is 0.171. The van der Waals surface area contributed by atoms with Gasteiger partial charge in [-0.25, -0.2) is 0 Å². The third kappa shape index (κ3) is 2.26.